The van der Waals surface area contributed by atoms with E-state index in [1.165, 1.54) is 22.4 Å². The van der Waals surface area contributed by atoms with Gasteiger partial charge in [-0.05, 0) is 43.5 Å². The highest BCUT2D eigenvalue weighted by molar-refractivity contribution is 5.56. The summed E-state index contributed by atoms with van der Waals surface area (Å²) in [6, 6.07) is 17.4. The second-order valence-corrected chi connectivity index (χ2v) is 7.72. The van der Waals surface area contributed by atoms with Gasteiger partial charge < -0.3 is 9.47 Å². The number of nitrogens with zero attached hydrogens (tertiary/aromatic N) is 5. The fourth-order valence-electron chi connectivity index (χ4n) is 4.02. The first kappa shape index (κ1) is 18.7. The minimum Gasteiger partial charge on any atom is -0.369 e. The Kier molecular flexibility index (Phi) is 5.44. The second kappa shape index (κ2) is 8.15. The zero-order chi connectivity index (χ0) is 19.5. The van der Waals surface area contributed by atoms with Crippen LogP contribution in [0.2, 0.25) is 0 Å². The third kappa shape index (κ3) is 3.80. The molecule has 1 atom stereocenters. The van der Waals surface area contributed by atoms with Gasteiger partial charge in [-0.3, -0.25) is 4.90 Å². The Labute approximate surface area is 167 Å². The smallest absolute Gasteiger partial charge is 0.147 e. The molecule has 2 aromatic carbocycles. The molecule has 0 bridgehead atoms. The summed E-state index contributed by atoms with van der Waals surface area (Å²) in [6.45, 7) is 11.7. The number of rotatable bonds is 5. The van der Waals surface area contributed by atoms with Crippen molar-refractivity contribution in [3.05, 3.63) is 77.4 Å². The first-order chi connectivity index (χ1) is 13.6. The molecule has 0 spiro atoms. The summed E-state index contributed by atoms with van der Waals surface area (Å²) < 4.78 is 2.20. The molecular weight excluding hydrogens is 346 g/mol. The fourth-order valence-corrected chi connectivity index (χ4v) is 4.02. The van der Waals surface area contributed by atoms with Gasteiger partial charge in [-0.25, -0.2) is 0 Å². The highest BCUT2D eigenvalue weighted by atomic mass is 15.3. The largest absolute Gasteiger partial charge is 0.369 e. The first-order valence-corrected chi connectivity index (χ1v) is 10.1. The van der Waals surface area contributed by atoms with Crippen molar-refractivity contribution in [1.82, 2.24) is 19.7 Å². The monoisotopic (exact) mass is 375 g/mol. The molecule has 0 saturated carbocycles. The van der Waals surface area contributed by atoms with E-state index in [-0.39, 0.29) is 6.04 Å². The van der Waals surface area contributed by atoms with Gasteiger partial charge in [0.1, 0.15) is 12.2 Å². The molecule has 1 saturated heterocycles. The van der Waals surface area contributed by atoms with Crippen LogP contribution in [0.3, 0.4) is 0 Å². The molecule has 0 amide bonds. The maximum atomic E-state index is 4.42. The van der Waals surface area contributed by atoms with E-state index >= 15 is 0 Å². The third-order valence-corrected chi connectivity index (χ3v) is 6.00. The van der Waals surface area contributed by atoms with Crippen molar-refractivity contribution in [3.8, 4) is 0 Å². The van der Waals surface area contributed by atoms with E-state index in [9.17, 15) is 0 Å². The van der Waals surface area contributed by atoms with Crippen LogP contribution in [0.25, 0.3) is 0 Å². The molecule has 0 radical (unpaired) electrons. The van der Waals surface area contributed by atoms with Crippen molar-refractivity contribution in [2.45, 2.75) is 33.4 Å². The van der Waals surface area contributed by atoms with Crippen LogP contribution in [0.15, 0.2) is 54.9 Å². The molecule has 0 N–H and O–H groups in total. The molecule has 1 aliphatic rings. The summed E-state index contributed by atoms with van der Waals surface area (Å²) in [4.78, 5) is 5.00. The number of hydrogen-bond acceptors (Lipinski definition) is 4. The Morgan fingerprint density at radius 1 is 0.929 bits per heavy atom. The lowest BCUT2D eigenvalue weighted by molar-refractivity contribution is 0.239. The number of hydrogen-bond donors (Lipinski definition) is 0. The van der Waals surface area contributed by atoms with Crippen LogP contribution in [0, 0.1) is 13.8 Å². The minimum atomic E-state index is 0.238. The van der Waals surface area contributed by atoms with Crippen LogP contribution in [0.1, 0.15) is 35.5 Å². The van der Waals surface area contributed by atoms with E-state index in [1.807, 2.05) is 6.33 Å². The Morgan fingerprint density at radius 2 is 1.68 bits per heavy atom. The lowest BCUT2D eigenvalue weighted by atomic mass is 10.1. The van der Waals surface area contributed by atoms with Gasteiger partial charge >= 0.3 is 0 Å². The van der Waals surface area contributed by atoms with Gasteiger partial charge in [-0.15, -0.1) is 10.2 Å². The number of benzene rings is 2. The molecule has 1 aliphatic heterocycles. The minimum absolute atomic E-state index is 0.238. The van der Waals surface area contributed by atoms with Crippen LogP contribution in [-0.2, 0) is 6.54 Å². The molecule has 1 aromatic heterocycles. The molecule has 5 heteroatoms. The van der Waals surface area contributed by atoms with Gasteiger partial charge in [-0.2, -0.15) is 0 Å². The van der Waals surface area contributed by atoms with E-state index in [4.69, 9.17) is 0 Å². The summed E-state index contributed by atoms with van der Waals surface area (Å²) in [5.74, 6) is 1.04. The molecule has 28 heavy (non-hydrogen) atoms. The van der Waals surface area contributed by atoms with Crippen LogP contribution in [-0.4, -0.2) is 45.8 Å². The lowest BCUT2D eigenvalue weighted by Gasteiger charge is -2.37. The Morgan fingerprint density at radius 3 is 2.43 bits per heavy atom. The van der Waals surface area contributed by atoms with Gasteiger partial charge in [0, 0.05) is 31.9 Å². The second-order valence-electron chi connectivity index (χ2n) is 7.72. The van der Waals surface area contributed by atoms with E-state index in [1.54, 1.807) is 0 Å². The van der Waals surface area contributed by atoms with Crippen molar-refractivity contribution < 1.29 is 0 Å². The number of aromatic nitrogens is 3. The molecule has 0 aliphatic carbocycles. The maximum Gasteiger partial charge on any atom is 0.147 e. The molecule has 5 nitrogen and oxygen atoms in total. The predicted molar refractivity (Wildman–Crippen MR) is 114 cm³/mol. The quantitative estimate of drug-likeness (QED) is 0.679. The zero-order valence-corrected chi connectivity index (χ0v) is 17.0. The van der Waals surface area contributed by atoms with Crippen LogP contribution in [0.5, 0.6) is 0 Å². The molecule has 2 heterocycles. The number of anilines is 1. The molecular formula is C23H29N5. The van der Waals surface area contributed by atoms with Crippen molar-refractivity contribution >= 4 is 5.69 Å². The van der Waals surface area contributed by atoms with Crippen molar-refractivity contribution in [2.75, 3.05) is 31.1 Å². The van der Waals surface area contributed by atoms with Crippen LogP contribution < -0.4 is 4.90 Å². The Balaban J connectivity index is 1.41. The molecule has 3 aromatic rings. The summed E-state index contributed by atoms with van der Waals surface area (Å²) >= 11 is 0. The summed E-state index contributed by atoms with van der Waals surface area (Å²) in [5.41, 5.74) is 5.42. The topological polar surface area (TPSA) is 37.2 Å². The molecule has 1 unspecified atom stereocenters. The van der Waals surface area contributed by atoms with E-state index < -0.39 is 0 Å². The standard InChI is InChI=1S/C23H29N5/c1-18-8-7-11-22(19(18)2)27-14-12-26(13-15-27)16-23-25-24-17-28(23)20(3)21-9-5-4-6-10-21/h4-11,17,20H,12-16H2,1-3H3. The summed E-state index contributed by atoms with van der Waals surface area (Å²) in [7, 11) is 0. The predicted octanol–water partition coefficient (Wildman–Crippen LogP) is 3.83. The van der Waals surface area contributed by atoms with Gasteiger partial charge in [0.05, 0.1) is 12.6 Å². The Hall–Kier alpha value is -2.66. The summed E-state index contributed by atoms with van der Waals surface area (Å²) in [5, 5.41) is 8.61. The summed E-state index contributed by atoms with van der Waals surface area (Å²) in [6.07, 6.45) is 1.86. The highest BCUT2D eigenvalue weighted by Gasteiger charge is 2.21. The number of aryl methyl sites for hydroxylation is 1. The third-order valence-electron chi connectivity index (χ3n) is 6.00. The van der Waals surface area contributed by atoms with E-state index in [0.717, 1.165) is 38.5 Å². The van der Waals surface area contributed by atoms with Crippen molar-refractivity contribution in [3.63, 3.8) is 0 Å². The van der Waals surface area contributed by atoms with Gasteiger partial charge in [0.25, 0.3) is 0 Å². The van der Waals surface area contributed by atoms with Crippen LogP contribution in [0.4, 0.5) is 5.69 Å². The van der Waals surface area contributed by atoms with Gasteiger partial charge in [0.2, 0.25) is 0 Å². The highest BCUT2D eigenvalue weighted by Crippen LogP contribution is 2.24. The maximum absolute atomic E-state index is 4.42. The van der Waals surface area contributed by atoms with E-state index in [2.05, 4.69) is 93.9 Å². The average Bonchev–Trinajstić information content (AvgIpc) is 3.19. The van der Waals surface area contributed by atoms with Gasteiger partial charge in [0.15, 0.2) is 0 Å². The Bertz CT molecular complexity index is 910. The van der Waals surface area contributed by atoms with Gasteiger partial charge in [-0.1, -0.05) is 42.5 Å². The van der Waals surface area contributed by atoms with E-state index in [0.29, 0.717) is 0 Å². The molecule has 1 fully saturated rings. The molecule has 4 rings (SSSR count). The normalized spacial score (nSPS) is 16.3. The molecule has 146 valence electrons. The van der Waals surface area contributed by atoms with Crippen molar-refractivity contribution in [1.29, 1.82) is 0 Å². The van der Waals surface area contributed by atoms with Crippen LogP contribution >= 0.6 is 0 Å². The fraction of sp³-hybridized carbons (Fsp3) is 0.391. The SMILES string of the molecule is Cc1cccc(N2CCN(Cc3nncn3C(C)c3ccccc3)CC2)c1C. The lowest BCUT2D eigenvalue weighted by Crippen LogP contribution is -2.46. The average molecular weight is 376 g/mol. The first-order valence-electron chi connectivity index (χ1n) is 10.1. The number of piperazine rings is 1. The van der Waals surface area contributed by atoms with Crippen molar-refractivity contribution in [2.24, 2.45) is 0 Å². The zero-order valence-electron chi connectivity index (χ0n) is 17.0.